The average Bonchev–Trinajstić information content (AvgIpc) is 2.48. The van der Waals surface area contributed by atoms with Gasteiger partial charge in [-0.2, -0.15) is 5.26 Å². The molecular weight excluding hydrogens is 169 g/mol. The van der Waals surface area contributed by atoms with Crippen molar-refractivity contribution in [3.63, 3.8) is 0 Å². The fraction of sp³-hybridized carbons (Fsp3) is 0.100. The number of hydrogen-bond acceptors (Lipinski definition) is 2. The molecule has 13 heavy (non-hydrogen) atoms. The first-order valence-corrected chi connectivity index (χ1v) is 3.80. The maximum atomic E-state index is 13.0. The first-order chi connectivity index (χ1) is 6.20. The summed E-state index contributed by atoms with van der Waals surface area (Å²) in [6, 6.07) is 6.35. The van der Waals surface area contributed by atoms with Gasteiger partial charge in [0.15, 0.2) is 0 Å². The Balaban J connectivity index is 2.79. The molecule has 0 aliphatic rings. The minimum absolute atomic E-state index is 0.208. The molecule has 2 nitrogen and oxygen atoms in total. The van der Waals surface area contributed by atoms with Crippen molar-refractivity contribution in [1.82, 2.24) is 0 Å². The van der Waals surface area contributed by atoms with Gasteiger partial charge in [-0.3, -0.25) is 0 Å². The topological polar surface area (TPSA) is 36.9 Å². The Labute approximate surface area is 74.2 Å². The normalized spacial score (nSPS) is 10.2. The zero-order chi connectivity index (χ0) is 9.42. The van der Waals surface area contributed by atoms with E-state index in [1.165, 1.54) is 12.1 Å². The summed E-state index contributed by atoms with van der Waals surface area (Å²) in [4.78, 5) is 0. The summed E-state index contributed by atoms with van der Waals surface area (Å²) < 4.78 is 18.2. The van der Waals surface area contributed by atoms with Crippen LogP contribution in [0.4, 0.5) is 4.39 Å². The fourth-order valence-electron chi connectivity index (χ4n) is 1.22. The summed E-state index contributed by atoms with van der Waals surface area (Å²) in [5.41, 5.74) is 1.07. The lowest BCUT2D eigenvalue weighted by Crippen LogP contribution is -1.79. The molecule has 0 atom stereocenters. The largest absolute Gasteiger partial charge is 0.446 e. The van der Waals surface area contributed by atoms with E-state index < -0.39 is 0 Å². The lowest BCUT2D eigenvalue weighted by Gasteiger charge is -1.93. The second-order valence-corrected chi connectivity index (χ2v) is 2.86. The molecular formula is C10H6FNO. The van der Waals surface area contributed by atoms with E-state index in [2.05, 4.69) is 0 Å². The highest BCUT2D eigenvalue weighted by molar-refractivity contribution is 5.79. The smallest absolute Gasteiger partial charge is 0.204 e. The molecule has 0 radical (unpaired) electrons. The molecule has 0 spiro atoms. The summed E-state index contributed by atoms with van der Waals surface area (Å²) in [6.07, 6.45) is 0. The third kappa shape index (κ3) is 1.17. The van der Waals surface area contributed by atoms with Gasteiger partial charge in [-0.25, -0.2) is 4.39 Å². The van der Waals surface area contributed by atoms with Gasteiger partial charge in [0.25, 0.3) is 0 Å². The van der Waals surface area contributed by atoms with Crippen LogP contribution >= 0.6 is 0 Å². The Morgan fingerprint density at radius 3 is 2.85 bits per heavy atom. The van der Waals surface area contributed by atoms with Gasteiger partial charge in [-0.1, -0.05) is 0 Å². The van der Waals surface area contributed by atoms with E-state index in [9.17, 15) is 4.39 Å². The minimum Gasteiger partial charge on any atom is -0.446 e. The quantitative estimate of drug-likeness (QED) is 0.617. The monoisotopic (exact) mass is 175 g/mol. The molecule has 1 aromatic heterocycles. The molecule has 0 amide bonds. The lowest BCUT2D eigenvalue weighted by atomic mass is 10.2. The third-order valence-electron chi connectivity index (χ3n) is 1.91. The SMILES string of the molecule is Cc1cc2oc(C#N)cc2cc1F. The maximum Gasteiger partial charge on any atom is 0.204 e. The number of nitriles is 1. The molecule has 0 N–H and O–H groups in total. The highest BCUT2D eigenvalue weighted by atomic mass is 19.1. The number of rotatable bonds is 0. The zero-order valence-electron chi connectivity index (χ0n) is 6.97. The van der Waals surface area contributed by atoms with Crippen LogP contribution in [0.25, 0.3) is 11.0 Å². The Morgan fingerprint density at radius 2 is 2.15 bits per heavy atom. The van der Waals surface area contributed by atoms with Crippen LogP contribution < -0.4 is 0 Å². The van der Waals surface area contributed by atoms with Gasteiger partial charge < -0.3 is 4.42 Å². The molecule has 2 aromatic rings. The van der Waals surface area contributed by atoms with Crippen molar-refractivity contribution in [2.24, 2.45) is 0 Å². The number of fused-ring (bicyclic) bond motifs is 1. The minimum atomic E-state index is -0.280. The first-order valence-electron chi connectivity index (χ1n) is 3.80. The van der Waals surface area contributed by atoms with Crippen LogP contribution in [0.1, 0.15) is 11.3 Å². The van der Waals surface area contributed by atoms with Crippen LogP contribution in [-0.4, -0.2) is 0 Å². The standard InChI is InChI=1S/C10H6FNO/c1-6-2-10-7(4-9(6)11)3-8(5-12)13-10/h2-4H,1H3. The zero-order valence-corrected chi connectivity index (χ0v) is 6.97. The maximum absolute atomic E-state index is 13.0. The molecule has 64 valence electrons. The van der Waals surface area contributed by atoms with E-state index >= 15 is 0 Å². The highest BCUT2D eigenvalue weighted by Gasteiger charge is 2.05. The third-order valence-corrected chi connectivity index (χ3v) is 1.91. The van der Waals surface area contributed by atoms with Crippen molar-refractivity contribution in [1.29, 1.82) is 5.26 Å². The average molecular weight is 175 g/mol. The fourth-order valence-corrected chi connectivity index (χ4v) is 1.22. The summed E-state index contributed by atoms with van der Waals surface area (Å²) >= 11 is 0. The molecule has 0 aliphatic heterocycles. The highest BCUT2D eigenvalue weighted by Crippen LogP contribution is 2.22. The number of nitrogens with zero attached hydrogens (tertiary/aromatic N) is 1. The van der Waals surface area contributed by atoms with Crippen molar-refractivity contribution >= 4 is 11.0 Å². The molecule has 0 bridgehead atoms. The van der Waals surface area contributed by atoms with Gasteiger partial charge in [0, 0.05) is 11.5 Å². The van der Waals surface area contributed by atoms with Crippen molar-refractivity contribution in [2.45, 2.75) is 6.92 Å². The van der Waals surface area contributed by atoms with E-state index in [1.54, 1.807) is 13.0 Å². The number of benzene rings is 1. The predicted octanol–water partition coefficient (Wildman–Crippen LogP) is 2.75. The molecule has 3 heteroatoms. The summed E-state index contributed by atoms with van der Waals surface area (Å²) in [5, 5.41) is 9.16. The van der Waals surface area contributed by atoms with Crippen molar-refractivity contribution < 1.29 is 8.81 Å². The number of halogens is 1. The first kappa shape index (κ1) is 7.81. The molecule has 0 saturated carbocycles. The van der Waals surface area contributed by atoms with E-state index in [1.807, 2.05) is 6.07 Å². The molecule has 0 saturated heterocycles. The number of hydrogen-bond donors (Lipinski definition) is 0. The Bertz CT molecular complexity index is 468. The molecule has 0 aliphatic carbocycles. The Hall–Kier alpha value is -1.82. The van der Waals surface area contributed by atoms with Gasteiger partial charge in [-0.05, 0) is 24.6 Å². The van der Waals surface area contributed by atoms with Crippen molar-refractivity contribution in [3.8, 4) is 6.07 Å². The Morgan fingerprint density at radius 1 is 1.38 bits per heavy atom. The molecule has 2 rings (SSSR count). The van der Waals surface area contributed by atoms with Crippen LogP contribution in [0.5, 0.6) is 0 Å². The summed E-state index contributed by atoms with van der Waals surface area (Å²) in [7, 11) is 0. The van der Waals surface area contributed by atoms with Crippen molar-refractivity contribution in [2.75, 3.05) is 0 Å². The van der Waals surface area contributed by atoms with Crippen LogP contribution in [0.2, 0.25) is 0 Å². The second-order valence-electron chi connectivity index (χ2n) is 2.86. The molecule has 1 heterocycles. The van der Waals surface area contributed by atoms with Crippen LogP contribution in [0, 0.1) is 24.1 Å². The van der Waals surface area contributed by atoms with E-state index in [-0.39, 0.29) is 11.6 Å². The van der Waals surface area contributed by atoms with E-state index in [4.69, 9.17) is 9.68 Å². The van der Waals surface area contributed by atoms with Gasteiger partial charge in [0.05, 0.1) is 0 Å². The van der Waals surface area contributed by atoms with Gasteiger partial charge in [0.1, 0.15) is 17.5 Å². The van der Waals surface area contributed by atoms with Crippen LogP contribution in [0.3, 0.4) is 0 Å². The predicted molar refractivity (Wildman–Crippen MR) is 45.6 cm³/mol. The second kappa shape index (κ2) is 2.60. The summed E-state index contributed by atoms with van der Waals surface area (Å²) in [5.74, 6) is -0.0715. The number of aryl methyl sites for hydroxylation is 1. The lowest BCUT2D eigenvalue weighted by molar-refractivity contribution is 0.594. The van der Waals surface area contributed by atoms with Gasteiger partial charge >= 0.3 is 0 Å². The van der Waals surface area contributed by atoms with Crippen LogP contribution in [0.15, 0.2) is 22.6 Å². The van der Waals surface area contributed by atoms with E-state index in [0.29, 0.717) is 16.5 Å². The van der Waals surface area contributed by atoms with Crippen molar-refractivity contribution in [3.05, 3.63) is 35.3 Å². The molecule has 1 aromatic carbocycles. The summed E-state index contributed by atoms with van der Waals surface area (Å²) in [6.45, 7) is 1.66. The molecule has 0 fully saturated rings. The Kier molecular flexibility index (Phi) is 1.56. The van der Waals surface area contributed by atoms with E-state index in [0.717, 1.165) is 0 Å². The number of furan rings is 1. The van der Waals surface area contributed by atoms with Crippen LogP contribution in [-0.2, 0) is 0 Å². The molecule has 0 unspecified atom stereocenters. The van der Waals surface area contributed by atoms with Gasteiger partial charge in [0.2, 0.25) is 5.76 Å². The van der Waals surface area contributed by atoms with Gasteiger partial charge in [-0.15, -0.1) is 0 Å².